The fourth-order valence-corrected chi connectivity index (χ4v) is 5.85. The van der Waals surface area contributed by atoms with Crippen LogP contribution in [0.15, 0.2) is 15.5 Å². The predicted octanol–water partition coefficient (Wildman–Crippen LogP) is 3.30. The number of carbonyl (C=O) groups is 1. The summed E-state index contributed by atoms with van der Waals surface area (Å²) in [5.41, 5.74) is 2.17. The lowest BCUT2D eigenvalue weighted by Crippen LogP contribution is -2.33. The quantitative estimate of drug-likeness (QED) is 0.709. The number of alkyl halides is 1. The molecule has 2 atom stereocenters. The minimum atomic E-state index is -3.66. The summed E-state index contributed by atoms with van der Waals surface area (Å²) in [7, 11) is -3.66. The van der Waals surface area contributed by atoms with E-state index in [1.54, 1.807) is 4.68 Å². The summed E-state index contributed by atoms with van der Waals surface area (Å²) in [6.07, 6.45) is 1.97. The van der Waals surface area contributed by atoms with E-state index in [2.05, 4.69) is 14.8 Å². The number of hydrogen-bond donors (Lipinski definition) is 2. The van der Waals surface area contributed by atoms with Gasteiger partial charge in [-0.15, -0.1) is 4.36 Å². The molecular weight excluding hydrogens is 440 g/mol. The average molecular weight is 466 g/mol. The molecule has 1 aromatic heterocycles. The van der Waals surface area contributed by atoms with Crippen molar-refractivity contribution in [2.75, 3.05) is 11.9 Å². The fraction of sp³-hybridized carbons (Fsp3) is 0.524. The molecular formula is C21H25F2N5O3S. The van der Waals surface area contributed by atoms with Crippen LogP contribution in [0.25, 0.3) is 0 Å². The standard InChI is InChI=1S/C21H25F2N5O3S/c1-21(2)9-28-19(31-10-21)16(8-25-28)32(24,30)27-20(29)26-18-13-5-3-4-12(13)17(23)14-6-11(22)7-15(14)18/h8,11H,3-7,9-10H2,1-2H3,(H3,24,26,27,29,30). The molecule has 2 amide bonds. The number of urea groups is 1. The average Bonchev–Trinajstić information content (AvgIpc) is 3.41. The zero-order valence-corrected chi connectivity index (χ0v) is 18.7. The first-order chi connectivity index (χ1) is 15.1. The zero-order valence-electron chi connectivity index (χ0n) is 17.9. The van der Waals surface area contributed by atoms with Crippen molar-refractivity contribution in [3.05, 3.63) is 34.3 Å². The van der Waals surface area contributed by atoms with Gasteiger partial charge in [-0.3, -0.25) is 0 Å². The zero-order chi connectivity index (χ0) is 22.8. The number of benzene rings is 1. The maximum atomic E-state index is 14.8. The first-order valence-electron chi connectivity index (χ1n) is 10.6. The number of hydrogen-bond acceptors (Lipinski definition) is 4. The first-order valence-corrected chi connectivity index (χ1v) is 12.2. The van der Waals surface area contributed by atoms with Gasteiger partial charge in [-0.2, -0.15) is 5.10 Å². The lowest BCUT2D eigenvalue weighted by Gasteiger charge is -2.30. The van der Waals surface area contributed by atoms with E-state index in [1.165, 1.54) is 6.20 Å². The van der Waals surface area contributed by atoms with Crippen LogP contribution in [0.1, 0.15) is 42.5 Å². The molecule has 3 N–H and O–H groups in total. The van der Waals surface area contributed by atoms with Crippen molar-refractivity contribution in [2.24, 2.45) is 14.9 Å². The molecule has 3 aliphatic rings. The predicted molar refractivity (Wildman–Crippen MR) is 114 cm³/mol. The number of carbonyl (C=O) groups excluding carboxylic acids is 1. The van der Waals surface area contributed by atoms with E-state index in [0.717, 1.165) is 6.42 Å². The van der Waals surface area contributed by atoms with Crippen molar-refractivity contribution in [3.63, 3.8) is 0 Å². The number of fused-ring (bicyclic) bond motifs is 3. The smallest absolute Gasteiger partial charge is 0.354 e. The molecule has 2 unspecified atom stereocenters. The third kappa shape index (κ3) is 3.47. The molecule has 0 fully saturated rings. The Bertz CT molecular complexity index is 1260. The van der Waals surface area contributed by atoms with Crippen LogP contribution in [-0.4, -0.2) is 32.8 Å². The Balaban J connectivity index is 1.49. The van der Waals surface area contributed by atoms with E-state index in [4.69, 9.17) is 9.88 Å². The Labute approximate surface area is 184 Å². The van der Waals surface area contributed by atoms with Crippen molar-refractivity contribution in [2.45, 2.75) is 63.6 Å². The molecule has 0 radical (unpaired) electrons. The summed E-state index contributed by atoms with van der Waals surface area (Å²) >= 11 is 0. The summed E-state index contributed by atoms with van der Waals surface area (Å²) in [5.74, 6) is -0.131. The Morgan fingerprint density at radius 1 is 1.31 bits per heavy atom. The molecule has 1 aromatic carbocycles. The first kappa shape index (κ1) is 21.3. The number of halogens is 2. The molecule has 0 spiro atoms. The van der Waals surface area contributed by atoms with Gasteiger partial charge in [-0.25, -0.2) is 27.6 Å². The molecule has 5 rings (SSSR count). The van der Waals surface area contributed by atoms with E-state index in [0.29, 0.717) is 53.9 Å². The van der Waals surface area contributed by atoms with Gasteiger partial charge in [0.1, 0.15) is 16.9 Å². The van der Waals surface area contributed by atoms with E-state index in [-0.39, 0.29) is 34.8 Å². The topological polar surface area (TPSA) is 112 Å². The van der Waals surface area contributed by atoms with Crippen LogP contribution in [0.5, 0.6) is 5.88 Å². The van der Waals surface area contributed by atoms with Crippen molar-refractivity contribution in [1.82, 2.24) is 9.78 Å². The van der Waals surface area contributed by atoms with Gasteiger partial charge in [-0.1, -0.05) is 13.8 Å². The summed E-state index contributed by atoms with van der Waals surface area (Å²) in [6, 6.07) is -0.932. The van der Waals surface area contributed by atoms with E-state index < -0.39 is 22.1 Å². The third-order valence-corrected chi connectivity index (χ3v) is 7.62. The number of amides is 2. The van der Waals surface area contributed by atoms with Gasteiger partial charge in [0, 0.05) is 23.9 Å². The second kappa shape index (κ2) is 7.24. The highest BCUT2D eigenvalue weighted by Gasteiger charge is 2.35. The lowest BCUT2D eigenvalue weighted by molar-refractivity contribution is 0.0972. The van der Waals surface area contributed by atoms with Crippen molar-refractivity contribution in [3.8, 4) is 5.88 Å². The van der Waals surface area contributed by atoms with Crippen LogP contribution >= 0.6 is 0 Å². The highest BCUT2D eigenvalue weighted by Crippen LogP contribution is 2.42. The van der Waals surface area contributed by atoms with Gasteiger partial charge < -0.3 is 10.1 Å². The van der Waals surface area contributed by atoms with Gasteiger partial charge in [0.25, 0.3) is 0 Å². The van der Waals surface area contributed by atoms with Crippen LogP contribution in [0.3, 0.4) is 0 Å². The number of ether oxygens (including phenoxy) is 1. The molecule has 11 heteroatoms. The second-order valence-electron chi connectivity index (χ2n) is 9.48. The molecule has 8 nitrogen and oxygen atoms in total. The molecule has 0 bridgehead atoms. The molecule has 0 saturated carbocycles. The largest absolute Gasteiger partial charge is 0.476 e. The number of aromatic nitrogens is 2. The third-order valence-electron chi connectivity index (χ3n) is 6.27. The van der Waals surface area contributed by atoms with Crippen LogP contribution in [0, 0.1) is 11.2 Å². The van der Waals surface area contributed by atoms with Crippen molar-refractivity contribution >= 4 is 21.6 Å². The van der Waals surface area contributed by atoms with E-state index >= 15 is 0 Å². The van der Waals surface area contributed by atoms with Gasteiger partial charge in [0.15, 0.2) is 9.92 Å². The number of nitrogens with two attached hydrogens (primary N) is 1. The minimum absolute atomic E-state index is 0.0156. The number of nitrogens with zero attached hydrogens (tertiary/aromatic N) is 3. The van der Waals surface area contributed by atoms with E-state index in [1.807, 2.05) is 13.8 Å². The van der Waals surface area contributed by atoms with Gasteiger partial charge in [0.2, 0.25) is 5.88 Å². The van der Waals surface area contributed by atoms with Gasteiger partial charge in [-0.05, 0) is 41.5 Å². The number of anilines is 1. The molecule has 0 saturated heterocycles. The summed E-state index contributed by atoms with van der Waals surface area (Å²) < 4.78 is 53.1. The monoisotopic (exact) mass is 465 g/mol. The van der Waals surface area contributed by atoms with Gasteiger partial charge >= 0.3 is 6.03 Å². The highest BCUT2D eigenvalue weighted by molar-refractivity contribution is 7.91. The molecule has 2 aliphatic carbocycles. The molecule has 1 aliphatic heterocycles. The van der Waals surface area contributed by atoms with Crippen LogP contribution in [0.2, 0.25) is 0 Å². The maximum Gasteiger partial charge on any atom is 0.354 e. The Morgan fingerprint density at radius 3 is 2.81 bits per heavy atom. The van der Waals surface area contributed by atoms with Crippen LogP contribution in [0.4, 0.5) is 19.3 Å². The van der Waals surface area contributed by atoms with Crippen molar-refractivity contribution < 1.29 is 22.5 Å². The second-order valence-corrected chi connectivity index (χ2v) is 11.2. The van der Waals surface area contributed by atoms with Crippen LogP contribution < -0.4 is 15.2 Å². The van der Waals surface area contributed by atoms with Gasteiger partial charge in [0.05, 0.1) is 19.3 Å². The Hall–Kier alpha value is -2.53. The molecule has 172 valence electrons. The summed E-state index contributed by atoms with van der Waals surface area (Å²) in [4.78, 5) is 12.8. The normalized spacial score (nSPS) is 22.3. The SMILES string of the molecule is CC1(C)COc2c(S(N)(=O)=NC(=O)Nc3c4c(c(F)c5c3CC(F)C5)CCC4)cnn2C1. The maximum absolute atomic E-state index is 14.8. The highest BCUT2D eigenvalue weighted by atomic mass is 32.2. The van der Waals surface area contributed by atoms with Crippen molar-refractivity contribution in [1.29, 1.82) is 0 Å². The Kier molecular flexibility index (Phi) is 4.82. The summed E-state index contributed by atoms with van der Waals surface area (Å²) in [6.45, 7) is 4.95. The molecule has 2 heterocycles. The van der Waals surface area contributed by atoms with E-state index in [9.17, 15) is 17.8 Å². The lowest BCUT2D eigenvalue weighted by atomic mass is 9.94. The fourth-order valence-electron chi connectivity index (χ4n) is 4.85. The minimum Gasteiger partial charge on any atom is -0.476 e. The number of nitrogens with one attached hydrogen (secondary N) is 1. The number of rotatable bonds is 2. The summed E-state index contributed by atoms with van der Waals surface area (Å²) in [5, 5.41) is 12.8. The Morgan fingerprint density at radius 2 is 2.03 bits per heavy atom. The van der Waals surface area contributed by atoms with Crippen LogP contribution in [-0.2, 0) is 42.1 Å². The molecule has 32 heavy (non-hydrogen) atoms. The molecule has 2 aromatic rings.